The van der Waals surface area contributed by atoms with Crippen LogP contribution in [0, 0.1) is 18.6 Å². The molecule has 6 heteroatoms. The van der Waals surface area contributed by atoms with Crippen LogP contribution in [0.5, 0.6) is 0 Å². The third kappa shape index (κ3) is 4.08. The Hall–Kier alpha value is -0.850. The zero-order valence-corrected chi connectivity index (χ0v) is 14.3. The van der Waals surface area contributed by atoms with Crippen molar-refractivity contribution in [2.45, 2.75) is 32.7 Å². The van der Waals surface area contributed by atoms with Crippen LogP contribution in [0.1, 0.15) is 35.7 Å². The van der Waals surface area contributed by atoms with Crippen molar-refractivity contribution < 1.29 is 8.78 Å². The highest BCUT2D eigenvalue weighted by atomic mass is 79.9. The van der Waals surface area contributed by atoms with Crippen LogP contribution in [-0.4, -0.2) is 11.5 Å². The second-order valence-electron chi connectivity index (χ2n) is 4.86. The summed E-state index contributed by atoms with van der Waals surface area (Å²) in [5.41, 5.74) is 1.70. The quantitative estimate of drug-likeness (QED) is 0.736. The Morgan fingerprint density at radius 2 is 2.14 bits per heavy atom. The highest BCUT2D eigenvalue weighted by molar-refractivity contribution is 9.10. The minimum atomic E-state index is -0.843. The molecule has 1 aromatic carbocycles. The first-order chi connectivity index (χ1) is 10.0. The van der Waals surface area contributed by atoms with E-state index in [0.717, 1.165) is 29.2 Å². The van der Waals surface area contributed by atoms with Crippen LogP contribution in [0.25, 0.3) is 0 Å². The summed E-state index contributed by atoms with van der Waals surface area (Å²) in [7, 11) is 0. The summed E-state index contributed by atoms with van der Waals surface area (Å²) in [5.74, 6) is -1.68. The number of hydrogen-bond acceptors (Lipinski definition) is 3. The SMILES string of the molecule is CCCNC(Cc1nc(C)cs1)c1ccc(F)c(F)c1Br. The molecule has 0 bridgehead atoms. The Morgan fingerprint density at radius 3 is 2.76 bits per heavy atom. The topological polar surface area (TPSA) is 24.9 Å². The Balaban J connectivity index is 2.29. The molecule has 1 atom stereocenters. The zero-order valence-electron chi connectivity index (χ0n) is 11.9. The molecule has 0 aliphatic carbocycles. The van der Waals surface area contributed by atoms with E-state index in [0.29, 0.717) is 6.42 Å². The maximum Gasteiger partial charge on any atom is 0.173 e. The molecule has 0 aliphatic rings. The molecule has 2 aromatic rings. The minimum Gasteiger partial charge on any atom is -0.310 e. The second kappa shape index (κ2) is 7.42. The van der Waals surface area contributed by atoms with Crippen molar-refractivity contribution in [2.75, 3.05) is 6.54 Å². The van der Waals surface area contributed by atoms with Crippen molar-refractivity contribution in [3.63, 3.8) is 0 Å². The highest BCUT2D eigenvalue weighted by Crippen LogP contribution is 2.30. The van der Waals surface area contributed by atoms with E-state index >= 15 is 0 Å². The largest absolute Gasteiger partial charge is 0.310 e. The minimum absolute atomic E-state index is 0.0972. The average Bonchev–Trinajstić information content (AvgIpc) is 2.87. The number of halogens is 3. The summed E-state index contributed by atoms with van der Waals surface area (Å²) in [4.78, 5) is 4.45. The summed E-state index contributed by atoms with van der Waals surface area (Å²) in [5, 5.41) is 6.36. The lowest BCUT2D eigenvalue weighted by atomic mass is 10.0. The lowest BCUT2D eigenvalue weighted by molar-refractivity contribution is 0.487. The Morgan fingerprint density at radius 1 is 1.38 bits per heavy atom. The molecule has 114 valence electrons. The smallest absolute Gasteiger partial charge is 0.173 e. The van der Waals surface area contributed by atoms with Gasteiger partial charge in [-0.15, -0.1) is 11.3 Å². The van der Waals surface area contributed by atoms with E-state index in [1.165, 1.54) is 6.07 Å². The number of benzene rings is 1. The predicted octanol–water partition coefficient (Wildman–Crippen LogP) is 4.78. The van der Waals surface area contributed by atoms with Gasteiger partial charge in [0, 0.05) is 23.5 Å². The van der Waals surface area contributed by atoms with Gasteiger partial charge in [0.2, 0.25) is 0 Å². The van der Waals surface area contributed by atoms with E-state index in [2.05, 4.69) is 33.2 Å². The lowest BCUT2D eigenvalue weighted by Gasteiger charge is -2.19. The van der Waals surface area contributed by atoms with Crippen LogP contribution in [0.4, 0.5) is 8.78 Å². The average molecular weight is 375 g/mol. The van der Waals surface area contributed by atoms with Crippen LogP contribution in [0.15, 0.2) is 22.0 Å². The van der Waals surface area contributed by atoms with Gasteiger partial charge in [-0.1, -0.05) is 13.0 Å². The van der Waals surface area contributed by atoms with Gasteiger partial charge in [0.05, 0.1) is 9.48 Å². The molecule has 2 rings (SSSR count). The van der Waals surface area contributed by atoms with Crippen LogP contribution in [-0.2, 0) is 6.42 Å². The van der Waals surface area contributed by atoms with Gasteiger partial charge in [0.15, 0.2) is 11.6 Å². The van der Waals surface area contributed by atoms with Gasteiger partial charge < -0.3 is 5.32 Å². The third-order valence-corrected chi connectivity index (χ3v) is 4.92. The first-order valence-corrected chi connectivity index (χ1v) is 8.48. The van der Waals surface area contributed by atoms with Crippen molar-refractivity contribution in [2.24, 2.45) is 0 Å². The fraction of sp³-hybridized carbons (Fsp3) is 0.400. The van der Waals surface area contributed by atoms with Gasteiger partial charge in [-0.3, -0.25) is 0 Å². The molecule has 0 spiro atoms. The number of nitrogens with zero attached hydrogens (tertiary/aromatic N) is 1. The van der Waals surface area contributed by atoms with E-state index in [1.807, 2.05) is 12.3 Å². The van der Waals surface area contributed by atoms with Crippen LogP contribution in [0.3, 0.4) is 0 Å². The van der Waals surface area contributed by atoms with Gasteiger partial charge in [-0.2, -0.15) is 0 Å². The molecular formula is C15H17BrF2N2S. The van der Waals surface area contributed by atoms with Crippen molar-refractivity contribution >= 4 is 27.3 Å². The molecule has 0 fully saturated rings. The molecule has 0 amide bonds. The van der Waals surface area contributed by atoms with Gasteiger partial charge in [-0.05, 0) is 47.4 Å². The maximum atomic E-state index is 13.8. The van der Waals surface area contributed by atoms with Crippen molar-refractivity contribution in [3.8, 4) is 0 Å². The zero-order chi connectivity index (χ0) is 15.4. The van der Waals surface area contributed by atoms with Gasteiger partial charge in [-0.25, -0.2) is 13.8 Å². The molecule has 1 N–H and O–H groups in total. The monoisotopic (exact) mass is 374 g/mol. The van der Waals surface area contributed by atoms with Crippen molar-refractivity contribution in [1.82, 2.24) is 10.3 Å². The van der Waals surface area contributed by atoms with E-state index in [4.69, 9.17) is 0 Å². The molecule has 21 heavy (non-hydrogen) atoms. The van der Waals surface area contributed by atoms with Crippen LogP contribution in [0.2, 0.25) is 0 Å². The van der Waals surface area contributed by atoms with Crippen molar-refractivity contribution in [3.05, 3.63) is 49.9 Å². The molecular weight excluding hydrogens is 358 g/mol. The Kier molecular flexibility index (Phi) is 5.84. The standard InChI is InChI=1S/C15H17BrF2N2S/c1-3-6-19-12(7-13-20-9(2)8-21-13)10-4-5-11(17)15(18)14(10)16/h4-5,8,12,19H,3,6-7H2,1-2H3. The number of hydrogen-bond donors (Lipinski definition) is 1. The summed E-state index contributed by atoms with van der Waals surface area (Å²) in [6.07, 6.45) is 1.62. The first-order valence-electron chi connectivity index (χ1n) is 6.80. The van der Waals surface area contributed by atoms with E-state index < -0.39 is 11.6 Å². The third-order valence-electron chi connectivity index (χ3n) is 3.13. The summed E-state index contributed by atoms with van der Waals surface area (Å²) in [6, 6.07) is 2.69. The van der Waals surface area contributed by atoms with Gasteiger partial charge >= 0.3 is 0 Å². The fourth-order valence-corrected chi connectivity index (χ4v) is 3.51. The number of rotatable bonds is 6. The molecule has 1 unspecified atom stereocenters. The number of thiazole rings is 1. The molecule has 0 aliphatic heterocycles. The summed E-state index contributed by atoms with van der Waals surface area (Å²) < 4.78 is 27.2. The fourth-order valence-electron chi connectivity index (χ4n) is 2.09. The second-order valence-corrected chi connectivity index (χ2v) is 6.59. The number of aromatic nitrogens is 1. The van der Waals surface area contributed by atoms with Crippen LogP contribution < -0.4 is 5.32 Å². The Bertz CT molecular complexity index is 616. The van der Waals surface area contributed by atoms with Gasteiger partial charge in [0.25, 0.3) is 0 Å². The molecule has 2 nitrogen and oxygen atoms in total. The molecule has 0 radical (unpaired) electrons. The number of nitrogens with one attached hydrogen (secondary N) is 1. The molecule has 0 saturated heterocycles. The Labute approximate surface area is 135 Å². The summed E-state index contributed by atoms with van der Waals surface area (Å²) >= 11 is 4.76. The van der Waals surface area contributed by atoms with E-state index in [-0.39, 0.29) is 10.5 Å². The molecule has 0 saturated carbocycles. The van der Waals surface area contributed by atoms with Gasteiger partial charge in [0.1, 0.15) is 0 Å². The maximum absolute atomic E-state index is 13.8. The lowest BCUT2D eigenvalue weighted by Crippen LogP contribution is -2.24. The van der Waals surface area contributed by atoms with E-state index in [1.54, 1.807) is 17.4 Å². The summed E-state index contributed by atoms with van der Waals surface area (Å²) in [6.45, 7) is 4.82. The first kappa shape index (κ1) is 16.5. The molecule has 1 heterocycles. The molecule has 1 aromatic heterocycles. The highest BCUT2D eigenvalue weighted by Gasteiger charge is 2.20. The normalized spacial score (nSPS) is 12.6. The number of aryl methyl sites for hydroxylation is 1. The predicted molar refractivity (Wildman–Crippen MR) is 85.6 cm³/mol. The van der Waals surface area contributed by atoms with E-state index in [9.17, 15) is 8.78 Å². The van der Waals surface area contributed by atoms with Crippen LogP contribution >= 0.6 is 27.3 Å². The van der Waals surface area contributed by atoms with Crippen molar-refractivity contribution in [1.29, 1.82) is 0 Å².